The van der Waals surface area contributed by atoms with Gasteiger partial charge in [-0.15, -0.1) is 0 Å². The van der Waals surface area contributed by atoms with Crippen molar-refractivity contribution in [1.29, 1.82) is 0 Å². The van der Waals surface area contributed by atoms with Gasteiger partial charge in [0.15, 0.2) is 0 Å². The highest BCUT2D eigenvalue weighted by Crippen LogP contribution is 2.32. The van der Waals surface area contributed by atoms with Crippen molar-refractivity contribution in [2.45, 2.75) is 25.7 Å². The molecule has 2 aromatic rings. The van der Waals surface area contributed by atoms with Crippen LogP contribution in [0.2, 0.25) is 0 Å². The maximum absolute atomic E-state index is 4.42. The van der Waals surface area contributed by atoms with Crippen molar-refractivity contribution in [1.82, 2.24) is 4.98 Å². The van der Waals surface area contributed by atoms with E-state index in [2.05, 4.69) is 60.4 Å². The summed E-state index contributed by atoms with van der Waals surface area (Å²) in [5.74, 6) is 0.863. The van der Waals surface area contributed by atoms with Gasteiger partial charge in [0, 0.05) is 16.4 Å². The molecule has 0 aliphatic heterocycles. The highest BCUT2D eigenvalue weighted by Gasteiger charge is 2.13. The monoisotopic (exact) mass is 380 g/mol. The second-order valence-corrected chi connectivity index (χ2v) is 6.53. The Bertz CT molecular complexity index is 611. The predicted octanol–water partition coefficient (Wildman–Crippen LogP) is 5.23. The molecule has 0 saturated carbocycles. The average Bonchev–Trinajstić information content (AvgIpc) is 2.42. The van der Waals surface area contributed by atoms with E-state index in [0.29, 0.717) is 0 Å². The van der Waals surface area contributed by atoms with Gasteiger partial charge in [0.05, 0.1) is 4.47 Å². The molecule has 1 aromatic heterocycles. The summed E-state index contributed by atoms with van der Waals surface area (Å²) >= 11 is 6.97. The fraction of sp³-hybridized carbons (Fsp3) is 0.267. The van der Waals surface area contributed by atoms with Gasteiger partial charge in [-0.05, 0) is 80.8 Å². The molecule has 0 bridgehead atoms. The van der Waals surface area contributed by atoms with Crippen LogP contribution in [-0.2, 0) is 12.8 Å². The Hall–Kier alpha value is -0.870. The summed E-state index contributed by atoms with van der Waals surface area (Å²) in [6.07, 6.45) is 6.74. The van der Waals surface area contributed by atoms with E-state index < -0.39 is 0 Å². The number of rotatable bonds is 2. The van der Waals surface area contributed by atoms with Crippen LogP contribution < -0.4 is 5.32 Å². The number of aromatic nitrogens is 1. The zero-order valence-electron chi connectivity index (χ0n) is 10.4. The van der Waals surface area contributed by atoms with Gasteiger partial charge >= 0.3 is 0 Å². The number of hydrogen-bond donors (Lipinski definition) is 1. The molecule has 19 heavy (non-hydrogen) atoms. The minimum Gasteiger partial charge on any atom is -0.339 e. The number of halogens is 2. The smallest absolute Gasteiger partial charge is 0.144 e. The minimum absolute atomic E-state index is 0.863. The summed E-state index contributed by atoms with van der Waals surface area (Å²) in [5.41, 5.74) is 4.11. The van der Waals surface area contributed by atoms with Crippen LogP contribution in [0.15, 0.2) is 39.4 Å². The van der Waals surface area contributed by atoms with E-state index in [1.54, 1.807) is 0 Å². The molecule has 3 rings (SSSR count). The first-order valence-electron chi connectivity index (χ1n) is 6.43. The van der Waals surface area contributed by atoms with E-state index in [9.17, 15) is 0 Å². The minimum atomic E-state index is 0.863. The third-order valence-electron chi connectivity index (χ3n) is 3.46. The van der Waals surface area contributed by atoms with Gasteiger partial charge in [-0.1, -0.05) is 12.1 Å². The quantitative estimate of drug-likeness (QED) is 0.770. The number of benzene rings is 1. The van der Waals surface area contributed by atoms with Crippen molar-refractivity contribution in [2.24, 2.45) is 0 Å². The van der Waals surface area contributed by atoms with Crippen molar-refractivity contribution in [2.75, 3.05) is 5.32 Å². The van der Waals surface area contributed by atoms with Gasteiger partial charge in [-0.25, -0.2) is 4.98 Å². The third kappa shape index (κ3) is 2.84. The largest absolute Gasteiger partial charge is 0.339 e. The second kappa shape index (κ2) is 5.63. The lowest BCUT2D eigenvalue weighted by Crippen LogP contribution is -2.06. The molecule has 0 fully saturated rings. The molecular formula is C15H14Br2N2. The van der Waals surface area contributed by atoms with Crippen LogP contribution >= 0.6 is 31.9 Å². The summed E-state index contributed by atoms with van der Waals surface area (Å²) < 4.78 is 1.94. The fourth-order valence-electron chi connectivity index (χ4n) is 2.53. The van der Waals surface area contributed by atoms with Crippen molar-refractivity contribution in [3.63, 3.8) is 0 Å². The van der Waals surface area contributed by atoms with Gasteiger partial charge in [0.2, 0.25) is 0 Å². The van der Waals surface area contributed by atoms with Crippen LogP contribution in [0.4, 0.5) is 11.5 Å². The van der Waals surface area contributed by atoms with E-state index in [4.69, 9.17) is 0 Å². The molecule has 0 saturated heterocycles. The van der Waals surface area contributed by atoms with Gasteiger partial charge < -0.3 is 5.32 Å². The summed E-state index contributed by atoms with van der Waals surface area (Å²) in [6, 6.07) is 8.51. The number of nitrogens with zero attached hydrogens (tertiary/aromatic N) is 1. The van der Waals surface area contributed by atoms with Gasteiger partial charge in [0.25, 0.3) is 0 Å². The van der Waals surface area contributed by atoms with E-state index in [1.165, 1.54) is 36.1 Å². The lowest BCUT2D eigenvalue weighted by molar-refractivity contribution is 0.687. The number of fused-ring (bicyclic) bond motifs is 1. The Balaban J connectivity index is 1.95. The molecule has 0 spiro atoms. The van der Waals surface area contributed by atoms with E-state index in [0.717, 1.165) is 21.2 Å². The van der Waals surface area contributed by atoms with Crippen molar-refractivity contribution in [3.05, 3.63) is 50.5 Å². The summed E-state index contributed by atoms with van der Waals surface area (Å²) in [6.45, 7) is 0. The molecular weight excluding hydrogens is 368 g/mol. The van der Waals surface area contributed by atoms with E-state index in [-0.39, 0.29) is 0 Å². The van der Waals surface area contributed by atoms with E-state index in [1.807, 2.05) is 12.3 Å². The molecule has 1 aromatic carbocycles. The molecule has 4 heteroatoms. The Labute approximate surface area is 129 Å². The highest BCUT2D eigenvalue weighted by atomic mass is 79.9. The van der Waals surface area contributed by atoms with Crippen LogP contribution in [0.25, 0.3) is 0 Å². The third-order valence-corrected chi connectivity index (χ3v) is 4.49. The lowest BCUT2D eigenvalue weighted by atomic mass is 9.90. The molecule has 0 amide bonds. The van der Waals surface area contributed by atoms with Crippen LogP contribution in [0, 0.1) is 0 Å². The van der Waals surface area contributed by atoms with Crippen molar-refractivity contribution < 1.29 is 0 Å². The Morgan fingerprint density at radius 3 is 2.79 bits per heavy atom. The standard InChI is InChI=1S/C15H14Br2N2/c16-11-8-13(17)15(18-9-11)19-14-7-3-5-10-4-1-2-6-12(10)14/h3,5,7-9H,1-2,4,6H2,(H,18,19). The molecule has 0 radical (unpaired) electrons. The second-order valence-electron chi connectivity index (χ2n) is 4.76. The first-order chi connectivity index (χ1) is 9.24. The van der Waals surface area contributed by atoms with Crippen molar-refractivity contribution >= 4 is 43.4 Å². The number of anilines is 2. The van der Waals surface area contributed by atoms with Gasteiger partial charge in [-0.2, -0.15) is 0 Å². The normalized spacial score (nSPS) is 14.0. The molecule has 98 valence electrons. The maximum atomic E-state index is 4.42. The van der Waals surface area contributed by atoms with Crippen LogP contribution in [0.1, 0.15) is 24.0 Å². The van der Waals surface area contributed by atoms with Crippen LogP contribution in [0.5, 0.6) is 0 Å². The summed E-state index contributed by atoms with van der Waals surface area (Å²) in [7, 11) is 0. The fourth-order valence-corrected chi connectivity index (χ4v) is 3.62. The number of aryl methyl sites for hydroxylation is 1. The number of pyridine rings is 1. The molecule has 1 aliphatic carbocycles. The lowest BCUT2D eigenvalue weighted by Gasteiger charge is -2.20. The molecule has 0 atom stereocenters. The van der Waals surface area contributed by atoms with Gasteiger partial charge in [0.1, 0.15) is 5.82 Å². The Kier molecular flexibility index (Phi) is 3.89. The topological polar surface area (TPSA) is 24.9 Å². The van der Waals surface area contributed by atoms with Crippen molar-refractivity contribution in [3.8, 4) is 0 Å². The highest BCUT2D eigenvalue weighted by molar-refractivity contribution is 9.11. The number of hydrogen-bond acceptors (Lipinski definition) is 2. The Morgan fingerprint density at radius 1 is 1.11 bits per heavy atom. The SMILES string of the molecule is Brc1cnc(Nc2cccc3c2CCCC3)c(Br)c1. The van der Waals surface area contributed by atoms with Crippen LogP contribution in [0.3, 0.4) is 0 Å². The zero-order valence-corrected chi connectivity index (χ0v) is 13.6. The average molecular weight is 382 g/mol. The number of nitrogens with one attached hydrogen (secondary N) is 1. The Morgan fingerprint density at radius 2 is 1.95 bits per heavy atom. The molecule has 0 unspecified atom stereocenters. The molecule has 1 N–H and O–H groups in total. The first-order valence-corrected chi connectivity index (χ1v) is 8.01. The maximum Gasteiger partial charge on any atom is 0.144 e. The molecule has 1 aliphatic rings. The van der Waals surface area contributed by atoms with Gasteiger partial charge in [-0.3, -0.25) is 0 Å². The summed E-state index contributed by atoms with van der Waals surface area (Å²) in [4.78, 5) is 4.42. The van der Waals surface area contributed by atoms with E-state index >= 15 is 0 Å². The summed E-state index contributed by atoms with van der Waals surface area (Å²) in [5, 5.41) is 3.45. The zero-order chi connectivity index (χ0) is 13.2. The molecule has 2 nitrogen and oxygen atoms in total. The van der Waals surface area contributed by atoms with Crippen LogP contribution in [-0.4, -0.2) is 4.98 Å². The first kappa shape index (κ1) is 13.1. The predicted molar refractivity (Wildman–Crippen MR) is 86.0 cm³/mol. The molecule has 1 heterocycles.